The maximum Gasteiger partial charge on any atom is 0.325 e. The maximum absolute atomic E-state index is 12.9. The highest BCUT2D eigenvalue weighted by molar-refractivity contribution is 7.89. The Bertz CT molecular complexity index is 1310. The number of non-ortho nitro benzene ring substituents is 1. The first-order valence-electron chi connectivity index (χ1n) is 9.50. The Hall–Kier alpha value is -3.27. The monoisotopic (exact) mass is 472 g/mol. The number of nitrogens with zero attached hydrogens (tertiary/aromatic N) is 1. The molecule has 1 saturated carbocycles. The molecule has 0 unspecified atom stereocenters. The normalized spacial score (nSPS) is 20.0. The Balaban J connectivity index is 1.59. The summed E-state index contributed by atoms with van der Waals surface area (Å²) in [4.78, 5) is 22.3. The van der Waals surface area contributed by atoms with Crippen LogP contribution in [-0.2, 0) is 14.8 Å². The van der Waals surface area contributed by atoms with Crippen LogP contribution in [0.15, 0.2) is 77.7 Å². The minimum atomic E-state index is -4.16. The Morgan fingerprint density at radius 1 is 1.06 bits per heavy atom. The van der Waals surface area contributed by atoms with E-state index < -0.39 is 32.4 Å². The standard InChI is InChI=1S/C22H17ClN2O6S/c23-17-8-4-14(5-9-17)15-6-10-19(11-7-15)32(30,31)24-22(21(26)27)13-20(22)16-2-1-3-18(12-16)25(28)29/h1-12,20,24H,13H2,(H,26,27)/t20-,22+/m0/s1. The van der Waals surface area contributed by atoms with Crippen LogP contribution >= 0.6 is 11.6 Å². The van der Waals surface area contributed by atoms with Crippen LogP contribution in [-0.4, -0.2) is 30.0 Å². The molecular weight excluding hydrogens is 456 g/mol. The van der Waals surface area contributed by atoms with E-state index in [1.165, 1.54) is 30.3 Å². The molecule has 32 heavy (non-hydrogen) atoms. The summed E-state index contributed by atoms with van der Waals surface area (Å²) in [6, 6.07) is 18.6. The molecule has 2 N–H and O–H groups in total. The Kier molecular flexibility index (Phi) is 5.49. The van der Waals surface area contributed by atoms with Crippen molar-refractivity contribution in [1.82, 2.24) is 4.72 Å². The SMILES string of the molecule is O=C(O)[C@@]1(NS(=O)(=O)c2ccc(-c3ccc(Cl)cc3)cc2)C[C@H]1c1cccc([N+](=O)[O-])c1. The van der Waals surface area contributed by atoms with Gasteiger partial charge in [-0.15, -0.1) is 0 Å². The van der Waals surface area contributed by atoms with Gasteiger partial charge in [-0.25, -0.2) is 8.42 Å². The summed E-state index contributed by atoms with van der Waals surface area (Å²) in [5, 5.41) is 21.4. The van der Waals surface area contributed by atoms with Crippen molar-refractivity contribution in [2.45, 2.75) is 22.8 Å². The number of halogens is 1. The van der Waals surface area contributed by atoms with Gasteiger partial charge in [-0.3, -0.25) is 14.9 Å². The van der Waals surface area contributed by atoms with Gasteiger partial charge in [0.05, 0.1) is 9.82 Å². The third-order valence-electron chi connectivity index (χ3n) is 5.48. The Labute approximate surface area is 188 Å². The lowest BCUT2D eigenvalue weighted by molar-refractivity contribution is -0.384. The molecule has 1 aliphatic carbocycles. The number of benzene rings is 3. The van der Waals surface area contributed by atoms with E-state index in [0.717, 1.165) is 11.1 Å². The fourth-order valence-corrected chi connectivity index (χ4v) is 5.21. The van der Waals surface area contributed by atoms with Gasteiger partial charge in [0.1, 0.15) is 5.54 Å². The van der Waals surface area contributed by atoms with Gasteiger partial charge in [0.25, 0.3) is 5.69 Å². The number of rotatable bonds is 7. The average molecular weight is 473 g/mol. The van der Waals surface area contributed by atoms with Crippen molar-refractivity contribution in [2.75, 3.05) is 0 Å². The molecule has 2 atom stereocenters. The smallest absolute Gasteiger partial charge is 0.325 e. The minimum Gasteiger partial charge on any atom is -0.480 e. The molecule has 8 nitrogen and oxygen atoms in total. The number of nitro benzene ring substituents is 1. The van der Waals surface area contributed by atoms with Crippen molar-refractivity contribution in [3.05, 3.63) is 93.5 Å². The number of aliphatic carboxylic acids is 1. The Morgan fingerprint density at radius 3 is 2.22 bits per heavy atom. The van der Waals surface area contributed by atoms with Crippen LogP contribution < -0.4 is 4.72 Å². The summed E-state index contributed by atoms with van der Waals surface area (Å²) in [6.45, 7) is 0. The average Bonchev–Trinajstić information content (AvgIpc) is 3.49. The van der Waals surface area contributed by atoms with Crippen molar-refractivity contribution in [3.8, 4) is 11.1 Å². The van der Waals surface area contributed by atoms with E-state index in [9.17, 15) is 28.4 Å². The molecule has 4 rings (SSSR count). The highest BCUT2D eigenvalue weighted by Crippen LogP contribution is 2.52. The molecule has 0 radical (unpaired) electrons. The Morgan fingerprint density at radius 2 is 1.66 bits per heavy atom. The van der Waals surface area contributed by atoms with Gasteiger partial charge < -0.3 is 5.11 Å². The summed E-state index contributed by atoms with van der Waals surface area (Å²) in [5.74, 6) is -2.06. The van der Waals surface area contributed by atoms with Gasteiger partial charge >= 0.3 is 5.97 Å². The van der Waals surface area contributed by atoms with Gasteiger partial charge in [-0.2, -0.15) is 4.72 Å². The molecular formula is C22H17ClN2O6S. The molecule has 0 amide bonds. The minimum absolute atomic E-state index is 0.00834. The van der Waals surface area contributed by atoms with Gasteiger partial charge in [0.15, 0.2) is 0 Å². The fraction of sp³-hybridized carbons (Fsp3) is 0.136. The third-order valence-corrected chi connectivity index (χ3v) is 7.26. The van der Waals surface area contributed by atoms with Crippen LogP contribution in [0.3, 0.4) is 0 Å². The maximum atomic E-state index is 12.9. The summed E-state index contributed by atoms with van der Waals surface area (Å²) < 4.78 is 28.2. The largest absolute Gasteiger partial charge is 0.480 e. The van der Waals surface area contributed by atoms with Crippen molar-refractivity contribution in [1.29, 1.82) is 0 Å². The highest BCUT2D eigenvalue weighted by atomic mass is 35.5. The van der Waals surface area contributed by atoms with Crippen molar-refractivity contribution < 1.29 is 23.2 Å². The number of carbonyl (C=O) groups is 1. The number of hydrogen-bond acceptors (Lipinski definition) is 5. The first-order valence-corrected chi connectivity index (χ1v) is 11.4. The molecule has 3 aromatic rings. The predicted octanol–water partition coefficient (Wildman–Crippen LogP) is 4.20. The lowest BCUT2D eigenvalue weighted by Gasteiger charge is -2.16. The summed E-state index contributed by atoms with van der Waals surface area (Å²) in [6.07, 6.45) is -0.00834. The van der Waals surface area contributed by atoms with Crippen LogP contribution in [0.5, 0.6) is 0 Å². The zero-order valence-electron chi connectivity index (χ0n) is 16.4. The second-order valence-electron chi connectivity index (χ2n) is 7.52. The van der Waals surface area contributed by atoms with Crippen molar-refractivity contribution >= 4 is 33.3 Å². The van der Waals surface area contributed by atoms with Crippen molar-refractivity contribution in [2.24, 2.45) is 0 Å². The first kappa shape index (κ1) is 21.9. The van der Waals surface area contributed by atoms with E-state index in [2.05, 4.69) is 4.72 Å². The topological polar surface area (TPSA) is 127 Å². The molecule has 3 aromatic carbocycles. The van der Waals surface area contributed by atoms with E-state index in [-0.39, 0.29) is 17.0 Å². The highest BCUT2D eigenvalue weighted by Gasteiger charge is 2.63. The molecule has 0 bridgehead atoms. The van der Waals surface area contributed by atoms with E-state index in [1.54, 1.807) is 42.5 Å². The van der Waals surface area contributed by atoms with Crippen LogP contribution in [0.2, 0.25) is 5.02 Å². The molecule has 0 aromatic heterocycles. The summed E-state index contributed by atoms with van der Waals surface area (Å²) in [5.41, 5.74) is 0.0653. The number of carboxylic acids is 1. The lowest BCUT2D eigenvalue weighted by Crippen LogP contribution is -2.44. The zero-order chi connectivity index (χ0) is 23.1. The second kappa shape index (κ2) is 8.01. The number of hydrogen-bond donors (Lipinski definition) is 2. The third kappa shape index (κ3) is 4.10. The second-order valence-corrected chi connectivity index (χ2v) is 9.64. The molecule has 1 fully saturated rings. The number of carboxylic acid groups (broad SMARTS) is 1. The van der Waals surface area contributed by atoms with Crippen molar-refractivity contribution in [3.63, 3.8) is 0 Å². The molecule has 0 heterocycles. The predicted molar refractivity (Wildman–Crippen MR) is 118 cm³/mol. The number of sulfonamides is 1. The van der Waals surface area contributed by atoms with Gasteiger partial charge in [0, 0.05) is 23.1 Å². The molecule has 10 heteroatoms. The van der Waals surface area contributed by atoms with E-state index in [4.69, 9.17) is 11.6 Å². The molecule has 0 saturated heterocycles. The van der Waals surface area contributed by atoms with Gasteiger partial charge in [0.2, 0.25) is 10.0 Å². The van der Waals surface area contributed by atoms with Crippen LogP contribution in [0.4, 0.5) is 5.69 Å². The number of nitrogens with one attached hydrogen (secondary N) is 1. The molecule has 164 valence electrons. The summed E-state index contributed by atoms with van der Waals surface area (Å²) >= 11 is 5.89. The summed E-state index contributed by atoms with van der Waals surface area (Å²) in [7, 11) is -4.16. The number of nitro groups is 1. The quantitative estimate of drug-likeness (QED) is 0.392. The van der Waals surface area contributed by atoms with Gasteiger partial charge in [-0.05, 0) is 47.4 Å². The van der Waals surface area contributed by atoms with Crippen LogP contribution in [0.1, 0.15) is 17.9 Å². The molecule has 0 spiro atoms. The van der Waals surface area contributed by atoms with E-state index >= 15 is 0 Å². The van der Waals surface area contributed by atoms with Crippen LogP contribution in [0, 0.1) is 10.1 Å². The van der Waals surface area contributed by atoms with E-state index in [1.807, 2.05) is 0 Å². The lowest BCUT2D eigenvalue weighted by atomic mass is 10.1. The first-order chi connectivity index (χ1) is 15.1. The van der Waals surface area contributed by atoms with E-state index in [0.29, 0.717) is 10.6 Å². The molecule has 0 aliphatic heterocycles. The van der Waals surface area contributed by atoms with Crippen LogP contribution in [0.25, 0.3) is 11.1 Å². The molecule has 1 aliphatic rings. The zero-order valence-corrected chi connectivity index (χ0v) is 18.0. The van der Waals surface area contributed by atoms with Gasteiger partial charge in [-0.1, -0.05) is 48.0 Å². The fourth-order valence-electron chi connectivity index (χ4n) is 3.68.